The first-order valence-corrected chi connectivity index (χ1v) is 15.2. The normalized spacial score (nSPS) is 38.5. The van der Waals surface area contributed by atoms with Gasteiger partial charge in [-0.15, -0.1) is 0 Å². The van der Waals surface area contributed by atoms with Crippen LogP contribution >= 0.6 is 0 Å². The minimum absolute atomic E-state index is 0.0324. The number of carbonyl (C=O) groups is 1. The van der Waals surface area contributed by atoms with E-state index in [-0.39, 0.29) is 12.1 Å². The van der Waals surface area contributed by atoms with Crippen molar-refractivity contribution in [1.82, 2.24) is 0 Å². The molecule has 0 heterocycles. The van der Waals surface area contributed by atoms with E-state index in [9.17, 15) is 4.79 Å². The van der Waals surface area contributed by atoms with E-state index < -0.39 is 0 Å². The molecule has 0 aromatic heterocycles. The molecule has 0 unspecified atom stereocenters. The Hall–Kier alpha value is -1.57. The Balaban J connectivity index is 1.25. The van der Waals surface area contributed by atoms with Gasteiger partial charge in [-0.25, -0.2) is 4.79 Å². The first-order valence-electron chi connectivity index (χ1n) is 15.2. The topological polar surface area (TPSA) is 26.3 Å². The maximum absolute atomic E-state index is 12.7. The highest BCUT2D eigenvalue weighted by molar-refractivity contribution is 5.89. The fraction of sp³-hybridized carbons (Fsp3) is 0.735. The van der Waals surface area contributed by atoms with Gasteiger partial charge in [-0.3, -0.25) is 0 Å². The third-order valence-corrected chi connectivity index (χ3v) is 11.5. The van der Waals surface area contributed by atoms with Crippen LogP contribution in [-0.4, -0.2) is 12.1 Å². The van der Waals surface area contributed by atoms with Crippen LogP contribution in [-0.2, 0) is 4.74 Å². The smallest absolute Gasteiger partial charge is 0.338 e. The molecular weight excluding hydrogens is 440 g/mol. The molecule has 3 saturated carbocycles. The Kier molecular flexibility index (Phi) is 7.45. The van der Waals surface area contributed by atoms with Gasteiger partial charge in [0.05, 0.1) is 5.56 Å². The van der Waals surface area contributed by atoms with Crippen molar-refractivity contribution in [1.29, 1.82) is 0 Å². The molecule has 1 aromatic carbocycles. The Labute approximate surface area is 220 Å². The predicted octanol–water partition coefficient (Wildman–Crippen LogP) is 9.25. The fourth-order valence-electron chi connectivity index (χ4n) is 9.55. The number of hydrogen-bond acceptors (Lipinski definition) is 2. The molecule has 1 aromatic rings. The average Bonchev–Trinajstić information content (AvgIpc) is 3.22. The quantitative estimate of drug-likeness (QED) is 0.281. The number of ether oxygens (including phenoxy) is 1. The maximum Gasteiger partial charge on any atom is 0.338 e. The average molecular weight is 491 g/mol. The molecule has 0 amide bonds. The monoisotopic (exact) mass is 490 g/mol. The molecule has 5 rings (SSSR count). The molecule has 2 heteroatoms. The third-order valence-electron chi connectivity index (χ3n) is 11.5. The van der Waals surface area contributed by atoms with E-state index in [0.717, 1.165) is 48.3 Å². The summed E-state index contributed by atoms with van der Waals surface area (Å²) in [6, 6.07) is 9.49. The molecule has 0 bridgehead atoms. The second-order valence-electron chi connectivity index (χ2n) is 13.9. The van der Waals surface area contributed by atoms with Gasteiger partial charge in [0.15, 0.2) is 0 Å². The van der Waals surface area contributed by atoms with Gasteiger partial charge in [0, 0.05) is 6.42 Å². The van der Waals surface area contributed by atoms with Crippen LogP contribution in [0.15, 0.2) is 42.0 Å². The van der Waals surface area contributed by atoms with Gasteiger partial charge < -0.3 is 4.74 Å². The third kappa shape index (κ3) is 4.71. The van der Waals surface area contributed by atoms with Crippen molar-refractivity contribution in [3.63, 3.8) is 0 Å². The van der Waals surface area contributed by atoms with E-state index in [1.165, 1.54) is 57.8 Å². The van der Waals surface area contributed by atoms with Crippen molar-refractivity contribution in [2.24, 2.45) is 46.3 Å². The molecule has 0 N–H and O–H groups in total. The molecular formula is C34H50O2. The molecule has 0 saturated heterocycles. The number of rotatable bonds is 7. The fourth-order valence-corrected chi connectivity index (χ4v) is 9.55. The zero-order chi connectivity index (χ0) is 25.5. The Morgan fingerprint density at radius 3 is 2.50 bits per heavy atom. The first-order chi connectivity index (χ1) is 17.2. The summed E-state index contributed by atoms with van der Waals surface area (Å²) in [5.74, 6) is 5.03. The Bertz CT molecular complexity index is 947. The summed E-state index contributed by atoms with van der Waals surface area (Å²) in [5.41, 5.74) is 3.12. The lowest BCUT2D eigenvalue weighted by atomic mass is 9.47. The number of fused-ring (bicyclic) bond motifs is 5. The Morgan fingerprint density at radius 2 is 1.75 bits per heavy atom. The summed E-state index contributed by atoms with van der Waals surface area (Å²) in [4.78, 5) is 12.7. The minimum Gasteiger partial charge on any atom is -0.458 e. The van der Waals surface area contributed by atoms with E-state index in [1.54, 1.807) is 5.57 Å². The lowest BCUT2D eigenvalue weighted by Gasteiger charge is -2.58. The van der Waals surface area contributed by atoms with Crippen molar-refractivity contribution in [2.45, 2.75) is 111 Å². The van der Waals surface area contributed by atoms with Gasteiger partial charge >= 0.3 is 5.97 Å². The van der Waals surface area contributed by atoms with Crippen LogP contribution < -0.4 is 0 Å². The highest BCUT2D eigenvalue weighted by atomic mass is 16.5. The molecule has 0 aliphatic heterocycles. The van der Waals surface area contributed by atoms with Crippen molar-refractivity contribution in [3.8, 4) is 0 Å². The first kappa shape index (κ1) is 26.1. The SMILES string of the molecule is CC(C)CCC[C@H](C)[C@H]1CC[C@H]2[C@@H]3CC=C4C[C@H](OC(=O)c5ccccc5)CC[C@]4(C)[C@H]3CC[C@]12C. The van der Waals surface area contributed by atoms with Gasteiger partial charge in [0.25, 0.3) is 0 Å². The number of hydrogen-bond donors (Lipinski definition) is 0. The van der Waals surface area contributed by atoms with E-state index in [1.807, 2.05) is 30.3 Å². The summed E-state index contributed by atoms with van der Waals surface area (Å²) in [7, 11) is 0. The predicted molar refractivity (Wildman–Crippen MR) is 149 cm³/mol. The molecule has 36 heavy (non-hydrogen) atoms. The van der Waals surface area contributed by atoms with Gasteiger partial charge in [0.1, 0.15) is 6.10 Å². The second kappa shape index (κ2) is 10.3. The molecule has 0 radical (unpaired) electrons. The van der Waals surface area contributed by atoms with Crippen LogP contribution in [0.25, 0.3) is 0 Å². The standard InChI is InChI=1S/C34H50O2/c1-23(2)10-9-11-24(3)29-16-17-30-28-15-14-26-22-27(36-32(35)25-12-7-6-8-13-25)18-20-33(26,4)31(28)19-21-34(29,30)5/h6-8,12-14,23-24,27-31H,9-11,15-22H2,1-5H3/t24-,27+,28-,29+,30-,31-,33-,34+/m0/s1. The van der Waals surface area contributed by atoms with Crippen LogP contribution in [0.2, 0.25) is 0 Å². The molecule has 8 atom stereocenters. The number of esters is 1. The maximum atomic E-state index is 12.7. The second-order valence-corrected chi connectivity index (χ2v) is 13.9. The molecule has 198 valence electrons. The van der Waals surface area contributed by atoms with Crippen molar-refractivity contribution in [2.75, 3.05) is 0 Å². The zero-order valence-electron chi connectivity index (χ0n) is 23.6. The largest absolute Gasteiger partial charge is 0.458 e. The van der Waals surface area contributed by atoms with Crippen LogP contribution in [0.5, 0.6) is 0 Å². The molecule has 0 spiro atoms. The summed E-state index contributed by atoms with van der Waals surface area (Å²) < 4.78 is 6.00. The molecule has 4 aliphatic rings. The van der Waals surface area contributed by atoms with Gasteiger partial charge in [-0.05, 0) is 103 Å². The molecule has 4 aliphatic carbocycles. The molecule has 2 nitrogen and oxygen atoms in total. The highest BCUT2D eigenvalue weighted by Gasteiger charge is 2.59. The van der Waals surface area contributed by atoms with E-state index in [4.69, 9.17) is 4.74 Å². The van der Waals surface area contributed by atoms with Crippen molar-refractivity contribution >= 4 is 5.97 Å². The lowest BCUT2D eigenvalue weighted by molar-refractivity contribution is -0.0594. The van der Waals surface area contributed by atoms with E-state index in [0.29, 0.717) is 16.4 Å². The van der Waals surface area contributed by atoms with Crippen LogP contribution in [0.1, 0.15) is 116 Å². The summed E-state index contributed by atoms with van der Waals surface area (Å²) >= 11 is 0. The van der Waals surface area contributed by atoms with Crippen LogP contribution in [0.4, 0.5) is 0 Å². The lowest BCUT2D eigenvalue weighted by Crippen LogP contribution is -2.51. The van der Waals surface area contributed by atoms with Crippen LogP contribution in [0, 0.1) is 46.3 Å². The Morgan fingerprint density at radius 1 is 0.972 bits per heavy atom. The summed E-state index contributed by atoms with van der Waals surface area (Å²) in [5, 5.41) is 0. The van der Waals surface area contributed by atoms with Gasteiger partial charge in [-0.2, -0.15) is 0 Å². The van der Waals surface area contributed by atoms with Crippen molar-refractivity contribution < 1.29 is 9.53 Å². The number of allylic oxidation sites excluding steroid dienone is 1. The summed E-state index contributed by atoms with van der Waals surface area (Å²) in [6.07, 6.45) is 17.0. The van der Waals surface area contributed by atoms with E-state index in [2.05, 4.69) is 40.7 Å². The minimum atomic E-state index is -0.161. The summed E-state index contributed by atoms with van der Waals surface area (Å²) in [6.45, 7) is 12.6. The van der Waals surface area contributed by atoms with Crippen LogP contribution in [0.3, 0.4) is 0 Å². The highest BCUT2D eigenvalue weighted by Crippen LogP contribution is 2.67. The molecule has 3 fully saturated rings. The zero-order valence-corrected chi connectivity index (χ0v) is 23.6. The number of benzene rings is 1. The van der Waals surface area contributed by atoms with Gasteiger partial charge in [-0.1, -0.05) is 83.7 Å². The number of carbonyl (C=O) groups excluding carboxylic acids is 1. The van der Waals surface area contributed by atoms with E-state index >= 15 is 0 Å². The van der Waals surface area contributed by atoms with Crippen molar-refractivity contribution in [3.05, 3.63) is 47.5 Å². The van der Waals surface area contributed by atoms with Gasteiger partial charge in [0.2, 0.25) is 0 Å².